The third kappa shape index (κ3) is 4.41. The number of rotatable bonds is 7. The van der Waals surface area contributed by atoms with E-state index in [0.717, 1.165) is 73.9 Å². The van der Waals surface area contributed by atoms with Crippen LogP contribution in [0.4, 0.5) is 5.69 Å². The first-order valence-electron chi connectivity index (χ1n) is 11.1. The van der Waals surface area contributed by atoms with Gasteiger partial charge in [-0.15, -0.1) is 0 Å². The van der Waals surface area contributed by atoms with E-state index in [9.17, 15) is 0 Å². The van der Waals surface area contributed by atoms with Gasteiger partial charge in [0.05, 0.1) is 36.5 Å². The summed E-state index contributed by atoms with van der Waals surface area (Å²) in [6.45, 7) is 8.22. The molecule has 1 aliphatic heterocycles. The molecule has 162 valence electrons. The van der Waals surface area contributed by atoms with Crippen LogP contribution in [-0.4, -0.2) is 47.8 Å². The van der Waals surface area contributed by atoms with Crippen LogP contribution in [0.2, 0.25) is 0 Å². The standard InChI is InChI=1S/C26H27N5O/c1-19(27-10-9-20-5-3-2-4-6-20)26-29-16-21(17-30-26)23-7-8-25-24(23)15-22(18-28-25)31-11-13-32-14-12-31/h2-7,15-18,27H,1,8-14H2. The van der Waals surface area contributed by atoms with Crippen molar-refractivity contribution in [3.05, 3.63) is 95.9 Å². The molecule has 1 saturated heterocycles. The lowest BCUT2D eigenvalue weighted by molar-refractivity contribution is 0.122. The number of nitrogens with zero attached hydrogens (tertiary/aromatic N) is 4. The number of fused-ring (bicyclic) bond motifs is 1. The molecule has 0 atom stereocenters. The van der Waals surface area contributed by atoms with Gasteiger partial charge in [-0.1, -0.05) is 43.0 Å². The Morgan fingerprint density at radius 3 is 2.59 bits per heavy atom. The highest BCUT2D eigenvalue weighted by molar-refractivity contribution is 5.84. The average Bonchev–Trinajstić information content (AvgIpc) is 3.28. The molecule has 1 aliphatic carbocycles. The summed E-state index contributed by atoms with van der Waals surface area (Å²) in [7, 11) is 0. The summed E-state index contributed by atoms with van der Waals surface area (Å²) in [6, 6.07) is 12.6. The van der Waals surface area contributed by atoms with Gasteiger partial charge in [-0.05, 0) is 23.6 Å². The summed E-state index contributed by atoms with van der Waals surface area (Å²) < 4.78 is 5.48. The van der Waals surface area contributed by atoms with Gasteiger partial charge in [-0.2, -0.15) is 0 Å². The van der Waals surface area contributed by atoms with E-state index in [0.29, 0.717) is 5.82 Å². The Bertz CT molecular complexity index is 1120. The zero-order valence-electron chi connectivity index (χ0n) is 18.1. The molecule has 0 unspecified atom stereocenters. The van der Waals surface area contributed by atoms with Crippen LogP contribution >= 0.6 is 0 Å². The molecule has 1 fully saturated rings. The largest absolute Gasteiger partial charge is 0.382 e. The van der Waals surface area contributed by atoms with Crippen molar-refractivity contribution in [3.63, 3.8) is 0 Å². The number of morpholine rings is 1. The summed E-state index contributed by atoms with van der Waals surface area (Å²) in [5.74, 6) is 0.626. The molecule has 0 bridgehead atoms. The number of benzene rings is 1. The number of nitrogens with one attached hydrogen (secondary N) is 1. The second kappa shape index (κ2) is 9.32. The summed E-state index contributed by atoms with van der Waals surface area (Å²) in [5, 5.41) is 3.34. The molecule has 0 saturated carbocycles. The van der Waals surface area contributed by atoms with Gasteiger partial charge in [0.2, 0.25) is 0 Å². The molecule has 2 aromatic heterocycles. The first-order valence-corrected chi connectivity index (χ1v) is 11.1. The lowest BCUT2D eigenvalue weighted by atomic mass is 10.0. The molecular weight excluding hydrogens is 398 g/mol. The molecule has 6 heteroatoms. The third-order valence-electron chi connectivity index (χ3n) is 5.95. The van der Waals surface area contributed by atoms with Crippen LogP contribution in [0.25, 0.3) is 11.3 Å². The van der Waals surface area contributed by atoms with Crippen molar-refractivity contribution in [2.45, 2.75) is 12.8 Å². The van der Waals surface area contributed by atoms with Crippen molar-refractivity contribution in [2.75, 3.05) is 37.7 Å². The molecule has 3 heterocycles. The fraction of sp³-hybridized carbons (Fsp3) is 0.269. The van der Waals surface area contributed by atoms with Gasteiger partial charge >= 0.3 is 0 Å². The van der Waals surface area contributed by atoms with Crippen molar-refractivity contribution in [1.29, 1.82) is 0 Å². The molecule has 1 N–H and O–H groups in total. The van der Waals surface area contributed by atoms with Crippen LogP contribution in [-0.2, 0) is 17.6 Å². The molecule has 3 aromatic rings. The Morgan fingerprint density at radius 2 is 1.81 bits per heavy atom. The predicted octanol–water partition coefficient (Wildman–Crippen LogP) is 3.50. The number of allylic oxidation sites excluding steroid dienone is 1. The number of hydrogen-bond donors (Lipinski definition) is 1. The van der Waals surface area contributed by atoms with E-state index < -0.39 is 0 Å². The highest BCUT2D eigenvalue weighted by Crippen LogP contribution is 2.33. The van der Waals surface area contributed by atoms with Gasteiger partial charge < -0.3 is 15.0 Å². The highest BCUT2D eigenvalue weighted by atomic mass is 16.5. The van der Waals surface area contributed by atoms with E-state index in [4.69, 9.17) is 9.72 Å². The zero-order chi connectivity index (χ0) is 21.8. The fourth-order valence-corrected chi connectivity index (χ4v) is 4.16. The predicted molar refractivity (Wildman–Crippen MR) is 127 cm³/mol. The molecule has 0 amide bonds. The number of pyridine rings is 1. The minimum Gasteiger partial charge on any atom is -0.382 e. The maximum atomic E-state index is 5.48. The van der Waals surface area contributed by atoms with Gasteiger partial charge in [0.15, 0.2) is 5.82 Å². The molecular formula is C26H27N5O. The number of aromatic nitrogens is 3. The molecule has 1 aromatic carbocycles. The van der Waals surface area contributed by atoms with E-state index in [2.05, 4.69) is 63.2 Å². The maximum absolute atomic E-state index is 5.48. The van der Waals surface area contributed by atoms with Crippen LogP contribution in [0.3, 0.4) is 0 Å². The molecule has 6 nitrogen and oxygen atoms in total. The number of anilines is 1. The minimum absolute atomic E-state index is 0.626. The minimum atomic E-state index is 0.626. The summed E-state index contributed by atoms with van der Waals surface area (Å²) in [6.07, 6.45) is 9.73. The summed E-state index contributed by atoms with van der Waals surface area (Å²) in [4.78, 5) is 16.2. The van der Waals surface area contributed by atoms with E-state index in [1.807, 2.05) is 24.7 Å². The zero-order valence-corrected chi connectivity index (χ0v) is 18.1. The van der Waals surface area contributed by atoms with E-state index in [-0.39, 0.29) is 0 Å². The van der Waals surface area contributed by atoms with Crippen LogP contribution in [0, 0.1) is 0 Å². The van der Waals surface area contributed by atoms with E-state index in [1.165, 1.54) is 11.1 Å². The number of ether oxygens (including phenoxy) is 1. The van der Waals surface area contributed by atoms with Gasteiger partial charge in [0.1, 0.15) is 0 Å². The Morgan fingerprint density at radius 1 is 1.03 bits per heavy atom. The topological polar surface area (TPSA) is 63.2 Å². The van der Waals surface area contributed by atoms with Crippen LogP contribution in [0.1, 0.15) is 28.2 Å². The molecule has 5 rings (SSSR count). The molecule has 2 aliphatic rings. The smallest absolute Gasteiger partial charge is 0.174 e. The monoisotopic (exact) mass is 425 g/mol. The Labute approximate surface area is 188 Å². The Kier molecular flexibility index (Phi) is 5.94. The molecule has 0 spiro atoms. The highest BCUT2D eigenvalue weighted by Gasteiger charge is 2.20. The van der Waals surface area contributed by atoms with E-state index >= 15 is 0 Å². The van der Waals surface area contributed by atoms with E-state index in [1.54, 1.807) is 0 Å². The molecule has 0 radical (unpaired) electrons. The SMILES string of the molecule is C=C(NCCc1ccccc1)c1ncc(C2=CCc3ncc(N4CCOCC4)cc32)cn1. The first-order chi connectivity index (χ1) is 15.8. The van der Waals surface area contributed by atoms with Gasteiger partial charge in [0.25, 0.3) is 0 Å². The van der Waals surface area contributed by atoms with Crippen LogP contribution in [0.15, 0.2) is 67.6 Å². The first kappa shape index (κ1) is 20.4. The van der Waals surface area contributed by atoms with Gasteiger partial charge in [-0.3, -0.25) is 4.98 Å². The van der Waals surface area contributed by atoms with Crippen molar-refractivity contribution < 1.29 is 4.74 Å². The normalized spacial score (nSPS) is 15.2. The fourth-order valence-electron chi connectivity index (χ4n) is 4.16. The summed E-state index contributed by atoms with van der Waals surface area (Å²) >= 11 is 0. The third-order valence-corrected chi connectivity index (χ3v) is 5.95. The van der Waals surface area contributed by atoms with Crippen molar-refractivity contribution in [2.24, 2.45) is 0 Å². The van der Waals surface area contributed by atoms with Gasteiger partial charge in [-0.25, -0.2) is 9.97 Å². The summed E-state index contributed by atoms with van der Waals surface area (Å²) in [5.41, 5.74) is 7.61. The lowest BCUT2D eigenvalue weighted by Gasteiger charge is -2.29. The second-order valence-corrected chi connectivity index (χ2v) is 8.05. The van der Waals surface area contributed by atoms with Crippen LogP contribution < -0.4 is 10.2 Å². The number of hydrogen-bond acceptors (Lipinski definition) is 6. The Hall–Kier alpha value is -3.51. The Balaban J connectivity index is 1.25. The van der Waals surface area contributed by atoms with Crippen molar-refractivity contribution >= 4 is 17.0 Å². The van der Waals surface area contributed by atoms with Crippen molar-refractivity contribution in [3.8, 4) is 0 Å². The molecule has 32 heavy (non-hydrogen) atoms. The van der Waals surface area contributed by atoms with Crippen molar-refractivity contribution in [1.82, 2.24) is 20.3 Å². The lowest BCUT2D eigenvalue weighted by Crippen LogP contribution is -2.36. The quantitative estimate of drug-likeness (QED) is 0.625. The maximum Gasteiger partial charge on any atom is 0.174 e. The van der Waals surface area contributed by atoms with Crippen LogP contribution in [0.5, 0.6) is 0 Å². The average molecular weight is 426 g/mol. The van der Waals surface area contributed by atoms with Gasteiger partial charge in [0, 0.05) is 49.6 Å². The second-order valence-electron chi connectivity index (χ2n) is 8.05.